The Hall–Kier alpha value is -0.850. The third-order valence-electron chi connectivity index (χ3n) is 5.51. The Morgan fingerprint density at radius 1 is 1.31 bits per heavy atom. The third-order valence-corrected chi connectivity index (χ3v) is 5.51. The number of fused-ring (bicyclic) bond motifs is 3. The summed E-state index contributed by atoms with van der Waals surface area (Å²) in [6, 6.07) is 0. The van der Waals surface area contributed by atoms with Crippen molar-refractivity contribution in [3.8, 4) is 0 Å². The van der Waals surface area contributed by atoms with Gasteiger partial charge in [-0.15, -0.1) is 0 Å². The van der Waals surface area contributed by atoms with Gasteiger partial charge in [-0.3, -0.25) is 4.79 Å². The summed E-state index contributed by atoms with van der Waals surface area (Å²) >= 11 is 0. The fourth-order valence-electron chi connectivity index (χ4n) is 4.33. The van der Waals surface area contributed by atoms with Crippen molar-refractivity contribution in [2.24, 2.45) is 28.6 Å². The van der Waals surface area contributed by atoms with Crippen LogP contribution in [0, 0.1) is 28.6 Å². The lowest BCUT2D eigenvalue weighted by Crippen LogP contribution is -2.36. The van der Waals surface area contributed by atoms with E-state index in [-0.39, 0.29) is 16.7 Å². The van der Waals surface area contributed by atoms with Crippen molar-refractivity contribution in [3.63, 3.8) is 0 Å². The van der Waals surface area contributed by atoms with Crippen LogP contribution in [0.2, 0.25) is 0 Å². The van der Waals surface area contributed by atoms with Crippen LogP contribution in [0.25, 0.3) is 0 Å². The first-order valence-corrected chi connectivity index (χ1v) is 6.32. The van der Waals surface area contributed by atoms with Crippen molar-refractivity contribution in [1.29, 1.82) is 0 Å². The van der Waals surface area contributed by atoms with E-state index in [1.54, 1.807) is 0 Å². The maximum Gasteiger partial charge on any atom is 0.159 e. The topological polar surface area (TPSA) is 17.1 Å². The molecule has 0 unspecified atom stereocenters. The average Bonchev–Trinajstić information content (AvgIpc) is 2.77. The first kappa shape index (κ1) is 10.3. The highest BCUT2D eigenvalue weighted by atomic mass is 16.1. The van der Waals surface area contributed by atoms with Gasteiger partial charge in [0.1, 0.15) is 0 Å². The fraction of sp³-hybridized carbons (Fsp3) is 0.667. The summed E-state index contributed by atoms with van der Waals surface area (Å²) in [5, 5.41) is 0. The van der Waals surface area contributed by atoms with Crippen molar-refractivity contribution in [1.82, 2.24) is 0 Å². The van der Waals surface area contributed by atoms with E-state index in [0.717, 1.165) is 6.42 Å². The molecule has 3 rings (SSSR count). The van der Waals surface area contributed by atoms with E-state index in [9.17, 15) is 4.79 Å². The fourth-order valence-corrected chi connectivity index (χ4v) is 4.33. The summed E-state index contributed by atoms with van der Waals surface area (Å²) in [5.41, 5.74) is 1.73. The van der Waals surface area contributed by atoms with E-state index >= 15 is 0 Å². The standard InChI is InChI=1S/C15H20O/c1-9-6-5-7-10-8-11(16)12-13(14(12,2)3)15(9,10)4/h5,7-9,12-13H,6H2,1-4H3/t9-,12-,13+,15+/m1/s1. The summed E-state index contributed by atoms with van der Waals surface area (Å²) in [7, 11) is 0. The molecule has 0 aromatic carbocycles. The van der Waals surface area contributed by atoms with Crippen molar-refractivity contribution >= 4 is 5.78 Å². The van der Waals surface area contributed by atoms with Crippen molar-refractivity contribution in [3.05, 3.63) is 23.8 Å². The van der Waals surface area contributed by atoms with Gasteiger partial charge in [-0.05, 0) is 40.7 Å². The SMILES string of the molecule is C[C@@H]1CC=CC2=CC(=O)[C@@H]3[C@@H](C3(C)C)[C@]21C. The lowest BCUT2D eigenvalue weighted by Gasteiger charge is -2.42. The zero-order valence-corrected chi connectivity index (χ0v) is 10.6. The minimum Gasteiger partial charge on any atom is -0.295 e. The molecule has 0 heterocycles. The predicted octanol–water partition coefficient (Wildman–Crippen LogP) is 3.37. The first-order chi connectivity index (χ1) is 7.40. The maximum atomic E-state index is 12.0. The molecule has 0 N–H and O–H groups in total. The van der Waals surface area contributed by atoms with Crippen LogP contribution < -0.4 is 0 Å². The van der Waals surface area contributed by atoms with Gasteiger partial charge in [0.15, 0.2) is 5.78 Å². The lowest BCUT2D eigenvalue weighted by molar-refractivity contribution is -0.117. The molecule has 0 saturated heterocycles. The molecular formula is C15H20O. The quantitative estimate of drug-likeness (QED) is 0.606. The van der Waals surface area contributed by atoms with Gasteiger partial charge in [0, 0.05) is 5.92 Å². The van der Waals surface area contributed by atoms with Crippen LogP contribution in [-0.2, 0) is 4.79 Å². The second kappa shape index (κ2) is 2.69. The molecule has 4 atom stereocenters. The molecule has 0 aromatic rings. The minimum atomic E-state index is 0.212. The summed E-state index contributed by atoms with van der Waals surface area (Å²) < 4.78 is 0. The van der Waals surface area contributed by atoms with Gasteiger partial charge in [0.25, 0.3) is 0 Å². The Morgan fingerprint density at radius 2 is 2.00 bits per heavy atom. The molecule has 0 bridgehead atoms. The summed E-state index contributed by atoms with van der Waals surface area (Å²) in [5.74, 6) is 1.87. The van der Waals surface area contributed by atoms with Crippen molar-refractivity contribution in [2.45, 2.75) is 34.1 Å². The zero-order chi connectivity index (χ0) is 11.7. The molecule has 1 nitrogen and oxygen atoms in total. The van der Waals surface area contributed by atoms with Crippen LogP contribution >= 0.6 is 0 Å². The number of hydrogen-bond donors (Lipinski definition) is 0. The molecule has 16 heavy (non-hydrogen) atoms. The molecular weight excluding hydrogens is 196 g/mol. The highest BCUT2D eigenvalue weighted by Crippen LogP contribution is 2.72. The number of ketones is 1. The summed E-state index contributed by atoms with van der Waals surface area (Å²) in [4.78, 5) is 12.0. The van der Waals surface area contributed by atoms with E-state index in [2.05, 4.69) is 39.8 Å². The minimum absolute atomic E-state index is 0.212. The predicted molar refractivity (Wildman–Crippen MR) is 64.9 cm³/mol. The average molecular weight is 216 g/mol. The molecule has 0 aliphatic heterocycles. The summed E-state index contributed by atoms with van der Waals surface area (Å²) in [6.45, 7) is 9.21. The van der Waals surface area contributed by atoms with Gasteiger partial charge in [-0.2, -0.15) is 0 Å². The molecule has 3 aliphatic carbocycles. The highest BCUT2D eigenvalue weighted by molar-refractivity contribution is 5.98. The molecule has 0 aromatic heterocycles. The van der Waals surface area contributed by atoms with Gasteiger partial charge in [-0.25, -0.2) is 0 Å². The number of hydrogen-bond acceptors (Lipinski definition) is 1. The third kappa shape index (κ3) is 0.952. The second-order valence-corrected chi connectivity index (χ2v) is 6.60. The molecule has 0 amide bonds. The number of carbonyl (C=O) groups is 1. The Bertz CT molecular complexity index is 427. The van der Waals surface area contributed by atoms with Crippen LogP contribution in [-0.4, -0.2) is 5.78 Å². The maximum absolute atomic E-state index is 12.0. The molecule has 3 aliphatic rings. The number of rotatable bonds is 0. The Morgan fingerprint density at radius 3 is 2.69 bits per heavy atom. The highest BCUT2D eigenvalue weighted by Gasteiger charge is 2.70. The molecule has 1 saturated carbocycles. The molecule has 86 valence electrons. The normalized spacial score (nSPS) is 48.1. The number of carbonyl (C=O) groups excluding carboxylic acids is 1. The molecule has 1 fully saturated rings. The van der Waals surface area contributed by atoms with Crippen LogP contribution in [0.15, 0.2) is 23.8 Å². The van der Waals surface area contributed by atoms with Crippen LogP contribution in [0.3, 0.4) is 0 Å². The monoisotopic (exact) mass is 216 g/mol. The van der Waals surface area contributed by atoms with Crippen molar-refractivity contribution in [2.75, 3.05) is 0 Å². The Labute approximate surface area is 97.6 Å². The van der Waals surface area contributed by atoms with Crippen LogP contribution in [0.4, 0.5) is 0 Å². The van der Waals surface area contributed by atoms with E-state index < -0.39 is 0 Å². The number of allylic oxidation sites excluding steroid dienone is 4. The van der Waals surface area contributed by atoms with E-state index in [4.69, 9.17) is 0 Å². The Kier molecular flexibility index (Phi) is 1.74. The van der Waals surface area contributed by atoms with Crippen molar-refractivity contribution < 1.29 is 4.79 Å². The van der Waals surface area contributed by atoms with E-state index in [0.29, 0.717) is 17.6 Å². The molecule has 0 spiro atoms. The molecule has 0 radical (unpaired) electrons. The smallest absolute Gasteiger partial charge is 0.159 e. The van der Waals surface area contributed by atoms with Gasteiger partial charge in [0.05, 0.1) is 0 Å². The lowest BCUT2D eigenvalue weighted by atomic mass is 9.61. The Balaban J connectivity index is 2.15. The summed E-state index contributed by atoms with van der Waals surface area (Å²) in [6.07, 6.45) is 7.48. The van der Waals surface area contributed by atoms with Gasteiger partial charge >= 0.3 is 0 Å². The first-order valence-electron chi connectivity index (χ1n) is 6.32. The zero-order valence-electron chi connectivity index (χ0n) is 10.6. The van der Waals surface area contributed by atoms with E-state index in [1.807, 2.05) is 6.08 Å². The van der Waals surface area contributed by atoms with Crippen LogP contribution in [0.1, 0.15) is 34.1 Å². The van der Waals surface area contributed by atoms with Gasteiger partial charge in [-0.1, -0.05) is 39.8 Å². The largest absolute Gasteiger partial charge is 0.295 e. The molecule has 1 heteroatoms. The van der Waals surface area contributed by atoms with E-state index in [1.165, 1.54) is 5.57 Å². The van der Waals surface area contributed by atoms with Crippen LogP contribution in [0.5, 0.6) is 0 Å². The second-order valence-electron chi connectivity index (χ2n) is 6.60. The van der Waals surface area contributed by atoms with Gasteiger partial charge < -0.3 is 0 Å². The van der Waals surface area contributed by atoms with Gasteiger partial charge in [0.2, 0.25) is 0 Å².